The quantitative estimate of drug-likeness (QED) is 0.399. The van der Waals surface area contributed by atoms with Crippen molar-refractivity contribution < 1.29 is 19.1 Å². The third-order valence-corrected chi connectivity index (χ3v) is 6.79. The van der Waals surface area contributed by atoms with Crippen molar-refractivity contribution >= 4 is 51.6 Å². The minimum Gasteiger partial charge on any atom is -0.465 e. The summed E-state index contributed by atoms with van der Waals surface area (Å²) in [6.07, 6.45) is 5.07. The molecule has 8 heteroatoms. The fourth-order valence-corrected chi connectivity index (χ4v) is 5.38. The number of hydrogen-bond acceptors (Lipinski definition) is 6. The van der Waals surface area contributed by atoms with E-state index in [-0.39, 0.29) is 17.6 Å². The molecule has 1 aliphatic rings. The zero-order chi connectivity index (χ0) is 20.8. The molecule has 3 rings (SSSR count). The highest BCUT2D eigenvalue weighted by atomic mass is 32.2. The van der Waals surface area contributed by atoms with E-state index in [0.29, 0.717) is 16.3 Å². The lowest BCUT2D eigenvalue weighted by Crippen LogP contribution is -2.16. The van der Waals surface area contributed by atoms with E-state index in [0.717, 1.165) is 42.6 Å². The minimum atomic E-state index is -0.393. The number of hydrogen-bond donors (Lipinski definition) is 2. The van der Waals surface area contributed by atoms with Crippen LogP contribution < -0.4 is 10.6 Å². The van der Waals surface area contributed by atoms with Crippen molar-refractivity contribution in [2.24, 2.45) is 0 Å². The van der Waals surface area contributed by atoms with Crippen LogP contribution in [-0.2, 0) is 27.2 Å². The molecule has 2 N–H and O–H groups in total. The molecule has 1 aliphatic carbocycles. The summed E-state index contributed by atoms with van der Waals surface area (Å²) in [6, 6.07) is 7.34. The standard InChI is InChI=1S/C21H24N2O4S2/c1-13(24)22-14-7-6-8-15(11-14)28-12-18(25)23-20-19(21(26)27-2)16-9-4-3-5-10-17(16)29-20/h6-8,11H,3-5,9-10,12H2,1-2H3,(H,22,24)(H,23,25). The molecule has 0 saturated heterocycles. The Bertz CT molecular complexity index is 923. The normalized spacial score (nSPS) is 13.2. The van der Waals surface area contributed by atoms with Crippen molar-refractivity contribution in [1.29, 1.82) is 0 Å². The number of fused-ring (bicyclic) bond motifs is 1. The number of thioether (sulfide) groups is 1. The fraction of sp³-hybridized carbons (Fsp3) is 0.381. The van der Waals surface area contributed by atoms with Crippen LogP contribution in [0.4, 0.5) is 10.7 Å². The van der Waals surface area contributed by atoms with Crippen LogP contribution in [0.15, 0.2) is 29.2 Å². The van der Waals surface area contributed by atoms with Gasteiger partial charge in [-0.2, -0.15) is 0 Å². The first kappa shape index (κ1) is 21.4. The highest BCUT2D eigenvalue weighted by molar-refractivity contribution is 8.00. The molecule has 2 aromatic rings. The second-order valence-electron chi connectivity index (χ2n) is 6.81. The Morgan fingerprint density at radius 3 is 2.69 bits per heavy atom. The molecule has 29 heavy (non-hydrogen) atoms. The number of thiophene rings is 1. The number of esters is 1. The summed E-state index contributed by atoms with van der Waals surface area (Å²) in [5.74, 6) is -0.512. The van der Waals surface area contributed by atoms with E-state index < -0.39 is 5.97 Å². The smallest absolute Gasteiger partial charge is 0.341 e. The Labute approximate surface area is 178 Å². The second-order valence-corrected chi connectivity index (χ2v) is 8.96. The third-order valence-electron chi connectivity index (χ3n) is 4.59. The van der Waals surface area contributed by atoms with Gasteiger partial charge in [-0.15, -0.1) is 23.1 Å². The largest absolute Gasteiger partial charge is 0.465 e. The first-order valence-corrected chi connectivity index (χ1v) is 11.3. The molecule has 0 fully saturated rings. The number of rotatable bonds is 6. The zero-order valence-electron chi connectivity index (χ0n) is 16.5. The van der Waals surface area contributed by atoms with Crippen molar-refractivity contribution in [3.63, 3.8) is 0 Å². The first-order valence-electron chi connectivity index (χ1n) is 9.51. The molecular formula is C21H24N2O4S2. The Hall–Kier alpha value is -2.32. The molecule has 0 aliphatic heterocycles. The molecule has 1 heterocycles. The molecule has 2 amide bonds. The van der Waals surface area contributed by atoms with E-state index >= 15 is 0 Å². The molecular weight excluding hydrogens is 408 g/mol. The lowest BCUT2D eigenvalue weighted by atomic mass is 10.1. The summed E-state index contributed by atoms with van der Waals surface area (Å²) >= 11 is 2.86. The number of aryl methyl sites for hydroxylation is 1. The van der Waals surface area contributed by atoms with Gasteiger partial charge < -0.3 is 15.4 Å². The zero-order valence-corrected chi connectivity index (χ0v) is 18.1. The highest BCUT2D eigenvalue weighted by Gasteiger charge is 2.26. The maximum Gasteiger partial charge on any atom is 0.341 e. The average molecular weight is 433 g/mol. The summed E-state index contributed by atoms with van der Waals surface area (Å²) in [7, 11) is 1.37. The number of nitrogens with one attached hydrogen (secondary N) is 2. The molecule has 1 aromatic heterocycles. The Kier molecular flexibility index (Phi) is 7.33. The lowest BCUT2D eigenvalue weighted by molar-refractivity contribution is -0.114. The second kappa shape index (κ2) is 9.93. The first-order chi connectivity index (χ1) is 14.0. The average Bonchev–Trinajstić information content (AvgIpc) is 2.86. The van der Waals surface area contributed by atoms with Gasteiger partial charge in [0.2, 0.25) is 11.8 Å². The molecule has 0 radical (unpaired) electrons. The van der Waals surface area contributed by atoms with E-state index in [2.05, 4.69) is 10.6 Å². The fourth-order valence-electron chi connectivity index (χ4n) is 3.33. The van der Waals surface area contributed by atoms with Gasteiger partial charge in [0.05, 0.1) is 18.4 Å². The van der Waals surface area contributed by atoms with Gasteiger partial charge in [0.25, 0.3) is 0 Å². The van der Waals surface area contributed by atoms with Gasteiger partial charge in [0.15, 0.2) is 0 Å². The number of carbonyl (C=O) groups excluding carboxylic acids is 3. The van der Waals surface area contributed by atoms with E-state index in [1.54, 1.807) is 6.07 Å². The van der Waals surface area contributed by atoms with Gasteiger partial charge in [0.1, 0.15) is 5.00 Å². The molecule has 6 nitrogen and oxygen atoms in total. The third kappa shape index (κ3) is 5.61. The molecule has 0 spiro atoms. The van der Waals surface area contributed by atoms with Crippen LogP contribution in [0.25, 0.3) is 0 Å². The van der Waals surface area contributed by atoms with Crippen LogP contribution in [0.1, 0.15) is 47.0 Å². The number of ether oxygens (including phenoxy) is 1. The number of anilines is 2. The van der Waals surface area contributed by atoms with Crippen LogP contribution in [0.3, 0.4) is 0 Å². The van der Waals surface area contributed by atoms with Crippen molar-refractivity contribution in [3.05, 3.63) is 40.3 Å². The maximum absolute atomic E-state index is 12.5. The lowest BCUT2D eigenvalue weighted by Gasteiger charge is -2.08. The van der Waals surface area contributed by atoms with Crippen LogP contribution in [0.2, 0.25) is 0 Å². The monoisotopic (exact) mass is 432 g/mol. The van der Waals surface area contributed by atoms with Gasteiger partial charge >= 0.3 is 5.97 Å². The molecule has 0 bridgehead atoms. The van der Waals surface area contributed by atoms with Crippen molar-refractivity contribution in [1.82, 2.24) is 0 Å². The number of carbonyl (C=O) groups is 3. The van der Waals surface area contributed by atoms with Crippen LogP contribution in [-0.4, -0.2) is 30.6 Å². The van der Waals surface area contributed by atoms with Crippen molar-refractivity contribution in [2.75, 3.05) is 23.5 Å². The number of amides is 2. The summed E-state index contributed by atoms with van der Waals surface area (Å²) < 4.78 is 4.97. The Morgan fingerprint density at radius 2 is 1.93 bits per heavy atom. The molecule has 1 aromatic carbocycles. The summed E-state index contributed by atoms with van der Waals surface area (Å²) in [5, 5.41) is 6.22. The van der Waals surface area contributed by atoms with Crippen molar-refractivity contribution in [3.8, 4) is 0 Å². The summed E-state index contributed by atoms with van der Waals surface area (Å²) in [6.45, 7) is 1.45. The highest BCUT2D eigenvalue weighted by Crippen LogP contribution is 2.38. The molecule has 154 valence electrons. The Morgan fingerprint density at radius 1 is 1.14 bits per heavy atom. The van der Waals surface area contributed by atoms with Crippen molar-refractivity contribution in [2.45, 2.75) is 43.9 Å². The molecule has 0 unspecified atom stereocenters. The number of benzene rings is 1. The van der Waals surface area contributed by atoms with Gasteiger partial charge in [-0.1, -0.05) is 12.5 Å². The predicted octanol–water partition coefficient (Wildman–Crippen LogP) is 4.49. The van der Waals surface area contributed by atoms with Crippen LogP contribution in [0, 0.1) is 0 Å². The summed E-state index contributed by atoms with van der Waals surface area (Å²) in [4.78, 5) is 38.1. The number of methoxy groups -OCH3 is 1. The minimum absolute atomic E-state index is 0.141. The van der Waals surface area contributed by atoms with Gasteiger partial charge in [-0.05, 0) is 49.4 Å². The predicted molar refractivity (Wildman–Crippen MR) is 117 cm³/mol. The van der Waals surface area contributed by atoms with E-state index in [9.17, 15) is 14.4 Å². The maximum atomic E-state index is 12.5. The SMILES string of the molecule is COC(=O)c1c(NC(=O)CSc2cccc(NC(C)=O)c2)sc2c1CCCCC2. The topological polar surface area (TPSA) is 84.5 Å². The van der Waals surface area contributed by atoms with Gasteiger partial charge in [-0.25, -0.2) is 4.79 Å². The van der Waals surface area contributed by atoms with E-state index in [4.69, 9.17) is 4.74 Å². The summed E-state index contributed by atoms with van der Waals surface area (Å²) in [5.41, 5.74) is 2.24. The van der Waals surface area contributed by atoms with E-state index in [1.165, 1.54) is 42.0 Å². The van der Waals surface area contributed by atoms with Gasteiger partial charge in [-0.3, -0.25) is 9.59 Å². The molecule has 0 saturated carbocycles. The van der Waals surface area contributed by atoms with Crippen LogP contribution in [0.5, 0.6) is 0 Å². The van der Waals surface area contributed by atoms with E-state index in [1.807, 2.05) is 18.2 Å². The Balaban J connectivity index is 1.69. The van der Waals surface area contributed by atoms with Crippen LogP contribution >= 0.6 is 23.1 Å². The molecule has 0 atom stereocenters. The van der Waals surface area contributed by atoms with Gasteiger partial charge in [0, 0.05) is 22.4 Å².